The molecule has 19 heavy (non-hydrogen) atoms. The summed E-state index contributed by atoms with van der Waals surface area (Å²) in [6.07, 6.45) is 1.66. The van der Waals surface area contributed by atoms with Crippen LogP contribution in [-0.2, 0) is 16.6 Å². The normalized spacial score (nSPS) is 15.4. The fourth-order valence-corrected chi connectivity index (χ4v) is 2.28. The summed E-state index contributed by atoms with van der Waals surface area (Å²) in [6.45, 7) is 1.35. The number of aromatic nitrogens is 1. The molecular formula is C12H16ClN3O3. The molecule has 7 heteroatoms. The van der Waals surface area contributed by atoms with Gasteiger partial charge in [0, 0.05) is 26.9 Å². The van der Waals surface area contributed by atoms with Gasteiger partial charge in [-0.1, -0.05) is 11.6 Å². The predicted octanol–water partition coefficient (Wildman–Crippen LogP) is 0.567. The molecule has 1 aromatic rings. The van der Waals surface area contributed by atoms with Crippen molar-refractivity contribution in [3.05, 3.63) is 23.0 Å². The van der Waals surface area contributed by atoms with Crippen LogP contribution in [0.4, 0.5) is 0 Å². The Morgan fingerprint density at radius 3 is 2.84 bits per heavy atom. The molecule has 1 aliphatic heterocycles. The number of nitrogens with zero attached hydrogens (tertiary/aromatic N) is 3. The van der Waals surface area contributed by atoms with Crippen LogP contribution >= 0.6 is 11.6 Å². The molecule has 2 heterocycles. The fourth-order valence-electron chi connectivity index (χ4n) is 2.03. The summed E-state index contributed by atoms with van der Waals surface area (Å²) < 4.78 is 6.60. The summed E-state index contributed by atoms with van der Waals surface area (Å²) in [5.74, 6) is -0.256. The molecule has 1 aliphatic rings. The van der Waals surface area contributed by atoms with E-state index in [-0.39, 0.29) is 18.4 Å². The highest BCUT2D eigenvalue weighted by molar-refractivity contribution is 6.31. The SMILES string of the molecule is COCCN1CN(C(=O)c2cc(Cl)cn2C)CC1=O. The number of carbonyl (C=O) groups excluding carboxylic acids is 2. The Labute approximate surface area is 116 Å². The standard InChI is InChI=1S/C12H16ClN3O3/c1-14-6-9(13)5-10(14)12(18)16-7-11(17)15(8-16)3-4-19-2/h5-6H,3-4,7-8H2,1-2H3. The topological polar surface area (TPSA) is 54.8 Å². The molecule has 0 unspecified atom stereocenters. The summed E-state index contributed by atoms with van der Waals surface area (Å²) >= 11 is 5.86. The Hall–Kier alpha value is -1.53. The van der Waals surface area contributed by atoms with Crippen LogP contribution in [0.3, 0.4) is 0 Å². The van der Waals surface area contributed by atoms with E-state index < -0.39 is 0 Å². The number of ether oxygens (including phenoxy) is 1. The van der Waals surface area contributed by atoms with Gasteiger partial charge in [-0.15, -0.1) is 0 Å². The van der Waals surface area contributed by atoms with Crippen molar-refractivity contribution in [1.82, 2.24) is 14.4 Å². The zero-order chi connectivity index (χ0) is 14.0. The van der Waals surface area contributed by atoms with Crippen molar-refractivity contribution in [2.45, 2.75) is 0 Å². The first-order valence-corrected chi connectivity index (χ1v) is 6.28. The van der Waals surface area contributed by atoms with E-state index in [1.54, 1.807) is 35.9 Å². The van der Waals surface area contributed by atoms with Crippen molar-refractivity contribution < 1.29 is 14.3 Å². The van der Waals surface area contributed by atoms with Gasteiger partial charge in [0.1, 0.15) is 12.2 Å². The van der Waals surface area contributed by atoms with Gasteiger partial charge in [-0.2, -0.15) is 0 Å². The molecule has 0 atom stereocenters. The third-order valence-corrected chi connectivity index (χ3v) is 3.27. The molecular weight excluding hydrogens is 270 g/mol. The minimum Gasteiger partial charge on any atom is -0.383 e. The molecule has 2 rings (SSSR count). The third-order valence-electron chi connectivity index (χ3n) is 3.06. The minimum atomic E-state index is -0.192. The molecule has 1 saturated heterocycles. The summed E-state index contributed by atoms with van der Waals surface area (Å²) in [4.78, 5) is 27.1. The average molecular weight is 286 g/mol. The molecule has 0 radical (unpaired) electrons. The predicted molar refractivity (Wildman–Crippen MR) is 69.9 cm³/mol. The largest absolute Gasteiger partial charge is 0.383 e. The van der Waals surface area contributed by atoms with Gasteiger partial charge in [0.15, 0.2) is 0 Å². The van der Waals surface area contributed by atoms with Crippen LogP contribution in [0.25, 0.3) is 0 Å². The molecule has 0 N–H and O–H groups in total. The number of amides is 2. The molecule has 0 aromatic carbocycles. The molecule has 2 amide bonds. The Balaban J connectivity index is 2.05. The van der Waals surface area contributed by atoms with E-state index in [1.165, 1.54) is 4.90 Å². The number of hydrogen-bond acceptors (Lipinski definition) is 3. The van der Waals surface area contributed by atoms with Gasteiger partial charge in [0.25, 0.3) is 5.91 Å². The minimum absolute atomic E-state index is 0.0642. The molecule has 6 nitrogen and oxygen atoms in total. The number of carbonyl (C=O) groups is 2. The van der Waals surface area contributed by atoms with Gasteiger partial charge in [-0.05, 0) is 6.07 Å². The van der Waals surface area contributed by atoms with Crippen LogP contribution in [-0.4, -0.2) is 59.7 Å². The van der Waals surface area contributed by atoms with Gasteiger partial charge in [-0.25, -0.2) is 0 Å². The summed E-state index contributed by atoms with van der Waals surface area (Å²) in [7, 11) is 3.33. The van der Waals surface area contributed by atoms with Crippen LogP contribution in [0.5, 0.6) is 0 Å². The first kappa shape index (κ1) is 13.9. The van der Waals surface area contributed by atoms with Crippen LogP contribution < -0.4 is 0 Å². The van der Waals surface area contributed by atoms with Gasteiger partial charge >= 0.3 is 0 Å². The van der Waals surface area contributed by atoms with E-state index >= 15 is 0 Å². The second-order valence-electron chi connectivity index (χ2n) is 4.45. The number of methoxy groups -OCH3 is 1. The molecule has 1 fully saturated rings. The van der Waals surface area contributed by atoms with E-state index in [0.29, 0.717) is 30.5 Å². The number of halogens is 1. The summed E-state index contributed by atoms with van der Waals surface area (Å²) in [5, 5.41) is 0.507. The Kier molecular flexibility index (Phi) is 4.11. The van der Waals surface area contributed by atoms with Crippen LogP contribution in [0.1, 0.15) is 10.5 Å². The molecule has 0 spiro atoms. The Morgan fingerprint density at radius 2 is 2.26 bits per heavy atom. The molecule has 0 saturated carbocycles. The van der Waals surface area contributed by atoms with Crippen molar-refractivity contribution in [2.24, 2.45) is 7.05 Å². The van der Waals surface area contributed by atoms with E-state index in [9.17, 15) is 9.59 Å². The Bertz CT molecular complexity index is 500. The molecule has 104 valence electrons. The van der Waals surface area contributed by atoms with Gasteiger partial charge in [0.05, 0.1) is 18.3 Å². The van der Waals surface area contributed by atoms with Gasteiger partial charge in [0.2, 0.25) is 5.91 Å². The van der Waals surface area contributed by atoms with Crippen molar-refractivity contribution in [3.63, 3.8) is 0 Å². The van der Waals surface area contributed by atoms with Crippen LogP contribution in [0.15, 0.2) is 12.3 Å². The highest BCUT2D eigenvalue weighted by atomic mass is 35.5. The number of hydrogen-bond donors (Lipinski definition) is 0. The maximum Gasteiger partial charge on any atom is 0.272 e. The van der Waals surface area contributed by atoms with E-state index in [4.69, 9.17) is 16.3 Å². The summed E-state index contributed by atoms with van der Waals surface area (Å²) in [5.41, 5.74) is 0.478. The quantitative estimate of drug-likeness (QED) is 0.813. The van der Waals surface area contributed by atoms with E-state index in [2.05, 4.69) is 0 Å². The second kappa shape index (κ2) is 5.63. The number of rotatable bonds is 4. The Morgan fingerprint density at radius 1 is 1.53 bits per heavy atom. The van der Waals surface area contributed by atoms with Gasteiger partial charge in [-0.3, -0.25) is 9.59 Å². The maximum atomic E-state index is 12.3. The van der Waals surface area contributed by atoms with E-state index in [0.717, 1.165) is 0 Å². The lowest BCUT2D eigenvalue weighted by Gasteiger charge is -2.17. The van der Waals surface area contributed by atoms with E-state index in [1.807, 2.05) is 0 Å². The highest BCUT2D eigenvalue weighted by Crippen LogP contribution is 2.17. The van der Waals surface area contributed by atoms with Crippen molar-refractivity contribution in [2.75, 3.05) is 33.5 Å². The zero-order valence-corrected chi connectivity index (χ0v) is 11.7. The first-order valence-electron chi connectivity index (χ1n) is 5.90. The van der Waals surface area contributed by atoms with Crippen molar-refractivity contribution in [1.29, 1.82) is 0 Å². The van der Waals surface area contributed by atoms with Crippen LogP contribution in [0.2, 0.25) is 5.02 Å². The van der Waals surface area contributed by atoms with Crippen molar-refractivity contribution >= 4 is 23.4 Å². The smallest absolute Gasteiger partial charge is 0.272 e. The average Bonchev–Trinajstić information content (AvgIpc) is 2.89. The first-order chi connectivity index (χ1) is 9.02. The molecule has 1 aromatic heterocycles. The maximum absolute atomic E-state index is 12.3. The van der Waals surface area contributed by atoms with Crippen LogP contribution in [0, 0.1) is 0 Å². The summed E-state index contributed by atoms with van der Waals surface area (Å²) in [6, 6.07) is 1.60. The monoisotopic (exact) mass is 285 g/mol. The number of aryl methyl sites for hydroxylation is 1. The van der Waals surface area contributed by atoms with Crippen molar-refractivity contribution in [3.8, 4) is 0 Å². The lowest BCUT2D eigenvalue weighted by Crippen LogP contribution is -2.33. The zero-order valence-electron chi connectivity index (χ0n) is 10.9. The molecule has 0 aliphatic carbocycles. The second-order valence-corrected chi connectivity index (χ2v) is 4.89. The third kappa shape index (κ3) is 2.90. The lowest BCUT2D eigenvalue weighted by atomic mass is 10.3. The fraction of sp³-hybridized carbons (Fsp3) is 0.500. The molecule has 0 bridgehead atoms. The highest BCUT2D eigenvalue weighted by Gasteiger charge is 2.31. The lowest BCUT2D eigenvalue weighted by molar-refractivity contribution is -0.127. The van der Waals surface area contributed by atoms with Gasteiger partial charge < -0.3 is 19.1 Å².